The van der Waals surface area contributed by atoms with Gasteiger partial charge in [-0.1, -0.05) is 30.3 Å². The van der Waals surface area contributed by atoms with Crippen molar-refractivity contribution in [3.63, 3.8) is 0 Å². The third kappa shape index (κ3) is 9.05. The summed E-state index contributed by atoms with van der Waals surface area (Å²) in [5, 5.41) is 5.51. The number of fused-ring (bicyclic) bond motifs is 1. The number of ether oxygens (including phenoxy) is 3. The van der Waals surface area contributed by atoms with Crippen molar-refractivity contribution in [3.8, 4) is 27.7 Å². The van der Waals surface area contributed by atoms with E-state index in [4.69, 9.17) is 26.4 Å². The zero-order valence-electron chi connectivity index (χ0n) is 26.9. The number of halogens is 1. The molecule has 2 aromatic heterocycles. The molecule has 0 spiro atoms. The van der Waals surface area contributed by atoms with Gasteiger partial charge in [-0.3, -0.25) is 9.78 Å². The molecule has 2 amide bonds. The van der Waals surface area contributed by atoms with Gasteiger partial charge in [-0.05, 0) is 86.6 Å². The first-order valence-electron chi connectivity index (χ1n) is 15.1. The molecule has 0 aliphatic rings. The molecule has 0 unspecified atom stereocenters. The van der Waals surface area contributed by atoms with Gasteiger partial charge in [-0.15, -0.1) is 11.3 Å². The summed E-state index contributed by atoms with van der Waals surface area (Å²) in [7, 11) is 1.70. The van der Waals surface area contributed by atoms with Crippen LogP contribution in [-0.2, 0) is 16.0 Å². The van der Waals surface area contributed by atoms with E-state index < -0.39 is 11.9 Å². The van der Waals surface area contributed by atoms with Gasteiger partial charge in [0.05, 0.1) is 16.6 Å². The van der Waals surface area contributed by atoms with E-state index >= 15 is 4.39 Å². The molecule has 248 valence electrons. The van der Waals surface area contributed by atoms with Gasteiger partial charge in [0.1, 0.15) is 24.7 Å². The minimum Gasteiger partial charge on any atom is -0.490 e. The maximum Gasteiger partial charge on any atom is 0.410 e. The number of rotatable bonds is 10. The average molecular weight is 687 g/mol. The Morgan fingerprint density at radius 2 is 1.71 bits per heavy atom. The zero-order chi connectivity index (χ0) is 34.3. The predicted molar refractivity (Wildman–Crippen MR) is 190 cm³/mol. The molecule has 0 aliphatic carbocycles. The van der Waals surface area contributed by atoms with Crippen LogP contribution in [-0.4, -0.2) is 52.8 Å². The lowest BCUT2D eigenvalue weighted by atomic mass is 10.1. The van der Waals surface area contributed by atoms with E-state index in [1.165, 1.54) is 28.4 Å². The Balaban J connectivity index is 1.17. The average Bonchev–Trinajstić information content (AvgIpc) is 3.49. The summed E-state index contributed by atoms with van der Waals surface area (Å²) in [6, 6.07) is 24.8. The Labute approximate surface area is 287 Å². The van der Waals surface area contributed by atoms with Gasteiger partial charge < -0.3 is 29.7 Å². The molecule has 5 aromatic rings. The van der Waals surface area contributed by atoms with Crippen LogP contribution in [0.4, 0.5) is 14.9 Å². The van der Waals surface area contributed by atoms with Gasteiger partial charge in [-0.2, -0.15) is 0 Å². The number of amides is 2. The first kappa shape index (κ1) is 34.3. The summed E-state index contributed by atoms with van der Waals surface area (Å²) in [5.74, 6) is 0.253. The Hall–Kier alpha value is -5.07. The molecular weight excluding hydrogens is 652 g/mol. The first-order chi connectivity index (χ1) is 23.0. The van der Waals surface area contributed by atoms with E-state index in [0.717, 1.165) is 20.7 Å². The monoisotopic (exact) mass is 686 g/mol. The SMILES string of the molecule is CN(C(=O)OCCOc1ccc(-c2cc3nccc(Oc4ccc(NC(=S)NC(=O)Cc5ccccc5)cc4F)c3s2)cc1)C(C)(C)C. The number of nitrogens with one attached hydrogen (secondary N) is 2. The number of carbonyl (C=O) groups is 2. The minimum atomic E-state index is -0.605. The second-order valence-electron chi connectivity index (χ2n) is 11.8. The second kappa shape index (κ2) is 15.2. The van der Waals surface area contributed by atoms with Gasteiger partial charge >= 0.3 is 6.09 Å². The molecule has 2 heterocycles. The van der Waals surface area contributed by atoms with Crippen molar-refractivity contribution in [2.45, 2.75) is 32.7 Å². The molecule has 12 heteroatoms. The molecule has 0 bridgehead atoms. The fourth-order valence-electron chi connectivity index (χ4n) is 4.41. The van der Waals surface area contributed by atoms with Crippen LogP contribution in [0.3, 0.4) is 0 Å². The fourth-order valence-corrected chi connectivity index (χ4v) is 5.71. The predicted octanol–water partition coefficient (Wildman–Crippen LogP) is 8.20. The number of hydrogen-bond donors (Lipinski definition) is 2. The van der Waals surface area contributed by atoms with Gasteiger partial charge in [0.15, 0.2) is 16.7 Å². The molecular formula is C36H35FN4O5S2. The number of nitrogens with zero attached hydrogens (tertiary/aromatic N) is 2. The van der Waals surface area contributed by atoms with Crippen LogP contribution in [0.2, 0.25) is 0 Å². The van der Waals surface area contributed by atoms with Gasteiger partial charge in [-0.25, -0.2) is 9.18 Å². The highest BCUT2D eigenvalue weighted by Gasteiger charge is 2.23. The van der Waals surface area contributed by atoms with E-state index in [-0.39, 0.29) is 41.9 Å². The number of thiophene rings is 1. The molecule has 9 nitrogen and oxygen atoms in total. The van der Waals surface area contributed by atoms with Crippen LogP contribution in [0.25, 0.3) is 20.7 Å². The van der Waals surface area contributed by atoms with Crippen molar-refractivity contribution in [2.75, 3.05) is 25.6 Å². The topological polar surface area (TPSA) is 102 Å². The highest BCUT2D eigenvalue weighted by atomic mass is 32.1. The summed E-state index contributed by atoms with van der Waals surface area (Å²) in [4.78, 5) is 31.4. The van der Waals surface area contributed by atoms with Crippen molar-refractivity contribution in [1.82, 2.24) is 15.2 Å². The van der Waals surface area contributed by atoms with E-state index in [0.29, 0.717) is 22.7 Å². The number of benzene rings is 3. The standard InChI is InChI=1S/C36H35FN4O5S2/c1-36(2,3)41(4)35(43)45-19-18-44-26-13-10-24(11-14-26)31-22-28-33(48-31)30(16-17-38-28)46-29-15-12-25(21-27(29)37)39-34(47)40-32(42)20-23-8-6-5-7-9-23/h5-17,21-22H,18-20H2,1-4H3,(H2,39,40,42,47). The van der Waals surface area contributed by atoms with Crippen LogP contribution in [0, 0.1) is 5.82 Å². The number of thiocarbonyl (C=S) groups is 1. The Kier molecular flexibility index (Phi) is 10.9. The highest BCUT2D eigenvalue weighted by Crippen LogP contribution is 2.40. The number of anilines is 1. The number of hydrogen-bond acceptors (Lipinski definition) is 8. The molecule has 0 atom stereocenters. The summed E-state index contributed by atoms with van der Waals surface area (Å²) >= 11 is 6.71. The summed E-state index contributed by atoms with van der Waals surface area (Å²) in [6.45, 7) is 6.15. The fraction of sp³-hybridized carbons (Fsp3) is 0.222. The summed E-state index contributed by atoms with van der Waals surface area (Å²) < 4.78 is 32.9. The lowest BCUT2D eigenvalue weighted by molar-refractivity contribution is -0.119. The van der Waals surface area contributed by atoms with Crippen molar-refractivity contribution >= 4 is 56.6 Å². The summed E-state index contributed by atoms with van der Waals surface area (Å²) in [6.07, 6.45) is 1.38. The minimum absolute atomic E-state index is 0.0271. The lowest BCUT2D eigenvalue weighted by Gasteiger charge is -2.30. The van der Waals surface area contributed by atoms with Crippen molar-refractivity contribution in [3.05, 3.63) is 103 Å². The van der Waals surface area contributed by atoms with E-state index in [1.807, 2.05) is 81.4 Å². The number of carbonyl (C=O) groups excluding carboxylic acids is 2. The van der Waals surface area contributed by atoms with Crippen molar-refractivity contribution in [2.24, 2.45) is 0 Å². The van der Waals surface area contributed by atoms with Crippen LogP contribution in [0.15, 0.2) is 91.1 Å². The van der Waals surface area contributed by atoms with E-state index in [9.17, 15) is 9.59 Å². The number of pyridine rings is 1. The zero-order valence-corrected chi connectivity index (χ0v) is 28.5. The molecule has 0 radical (unpaired) electrons. The largest absolute Gasteiger partial charge is 0.490 e. The lowest BCUT2D eigenvalue weighted by Crippen LogP contribution is -2.43. The van der Waals surface area contributed by atoms with Gasteiger partial charge in [0, 0.05) is 41.5 Å². The molecule has 5 rings (SSSR count). The quantitative estimate of drug-likeness (QED) is 0.112. The molecule has 0 fully saturated rings. The molecule has 0 aliphatic heterocycles. The van der Waals surface area contributed by atoms with Crippen LogP contribution >= 0.6 is 23.6 Å². The van der Waals surface area contributed by atoms with Crippen LogP contribution in [0.1, 0.15) is 26.3 Å². The Bertz CT molecular complexity index is 1910. The Morgan fingerprint density at radius 3 is 2.42 bits per heavy atom. The van der Waals surface area contributed by atoms with Gasteiger partial charge in [0.2, 0.25) is 5.91 Å². The second-order valence-corrected chi connectivity index (χ2v) is 13.2. The molecule has 2 N–H and O–H groups in total. The maximum atomic E-state index is 15.1. The van der Waals surface area contributed by atoms with Crippen LogP contribution < -0.4 is 20.1 Å². The molecule has 0 saturated carbocycles. The normalized spacial score (nSPS) is 11.1. The third-order valence-corrected chi connectivity index (χ3v) is 8.63. The first-order valence-corrected chi connectivity index (χ1v) is 16.3. The Morgan fingerprint density at radius 1 is 0.958 bits per heavy atom. The van der Waals surface area contributed by atoms with Crippen molar-refractivity contribution < 1.29 is 28.2 Å². The molecule has 0 saturated heterocycles. The number of aromatic nitrogens is 1. The van der Waals surface area contributed by atoms with E-state index in [2.05, 4.69) is 15.6 Å². The molecule has 3 aromatic carbocycles. The van der Waals surface area contributed by atoms with Crippen LogP contribution in [0.5, 0.6) is 17.2 Å². The summed E-state index contributed by atoms with van der Waals surface area (Å²) in [5.41, 5.74) is 2.55. The van der Waals surface area contributed by atoms with E-state index in [1.54, 1.807) is 25.4 Å². The van der Waals surface area contributed by atoms with Gasteiger partial charge in [0.25, 0.3) is 0 Å². The smallest absolute Gasteiger partial charge is 0.410 e. The van der Waals surface area contributed by atoms with Crippen molar-refractivity contribution in [1.29, 1.82) is 0 Å². The highest BCUT2D eigenvalue weighted by molar-refractivity contribution is 7.80. The maximum absolute atomic E-state index is 15.1. The third-order valence-electron chi connectivity index (χ3n) is 7.24. The molecule has 48 heavy (non-hydrogen) atoms.